The Hall–Kier alpha value is -4.14. The van der Waals surface area contributed by atoms with E-state index < -0.39 is 27.4 Å². The molecule has 0 saturated carbocycles. The largest absolute Gasteiger partial charge is 0.493 e. The van der Waals surface area contributed by atoms with Crippen molar-refractivity contribution in [2.75, 3.05) is 20.0 Å². The zero-order valence-electron chi connectivity index (χ0n) is 24.0. The Kier molecular flexibility index (Phi) is 10.8. The number of rotatable bonds is 14. The van der Waals surface area contributed by atoms with E-state index in [2.05, 4.69) is 12.1 Å². The maximum Gasteiger partial charge on any atom is 0.247 e. The number of hydrogen-bond acceptors (Lipinski definition) is 6. The summed E-state index contributed by atoms with van der Waals surface area (Å²) >= 11 is 0. The molecule has 8 heteroatoms. The van der Waals surface area contributed by atoms with Gasteiger partial charge in [0, 0.05) is 5.56 Å². The molecule has 0 heterocycles. The van der Waals surface area contributed by atoms with Crippen LogP contribution in [0.3, 0.4) is 0 Å². The molecule has 0 aliphatic carbocycles. The van der Waals surface area contributed by atoms with Crippen molar-refractivity contribution in [3.8, 4) is 33.8 Å². The highest BCUT2D eigenvalue weighted by molar-refractivity contribution is 7.91. The van der Waals surface area contributed by atoms with Gasteiger partial charge >= 0.3 is 0 Å². The average molecular weight is 588 g/mol. The molecule has 4 rings (SSSR count). The van der Waals surface area contributed by atoms with Gasteiger partial charge in [0.1, 0.15) is 0 Å². The first-order valence-corrected chi connectivity index (χ1v) is 15.6. The molecule has 2 N–H and O–H groups in total. The number of ether oxygens (including phenoxy) is 2. The summed E-state index contributed by atoms with van der Waals surface area (Å²) in [6.45, 7) is 0. The van der Waals surface area contributed by atoms with Gasteiger partial charge in [-0.2, -0.15) is 0 Å². The Bertz CT molecular complexity index is 1560. The monoisotopic (exact) mass is 587 g/mol. The molecule has 0 aliphatic heterocycles. The van der Waals surface area contributed by atoms with E-state index in [1.54, 1.807) is 11.5 Å². The van der Waals surface area contributed by atoms with Crippen molar-refractivity contribution in [1.29, 1.82) is 0 Å². The molecule has 1 unspecified atom stereocenters. The van der Waals surface area contributed by atoms with E-state index in [1.165, 1.54) is 25.8 Å². The summed E-state index contributed by atoms with van der Waals surface area (Å²) in [5, 5.41) is 9.40. The SMILES string of the molecule is COc1ccc(S(=O)(=O)CC(CCCCCc2ccccc2)C(=O)NO)c(-c2ccc(-c3ccccc3)cc2)c1OC. The molecule has 0 radical (unpaired) electrons. The van der Waals surface area contributed by atoms with E-state index in [-0.39, 0.29) is 10.6 Å². The van der Waals surface area contributed by atoms with Gasteiger partial charge in [-0.1, -0.05) is 97.8 Å². The van der Waals surface area contributed by atoms with Gasteiger partial charge in [-0.05, 0) is 53.6 Å². The number of aryl methyl sites for hydroxylation is 1. The molecule has 0 fully saturated rings. The number of unbranched alkanes of at least 4 members (excludes halogenated alkanes) is 2. The summed E-state index contributed by atoms with van der Waals surface area (Å²) < 4.78 is 39.0. The number of carbonyl (C=O) groups is 1. The topological polar surface area (TPSA) is 102 Å². The van der Waals surface area contributed by atoms with Gasteiger partial charge in [-0.3, -0.25) is 10.0 Å². The first-order chi connectivity index (χ1) is 20.4. The summed E-state index contributed by atoms with van der Waals surface area (Å²) in [7, 11) is -1.05. The Morgan fingerprint density at radius 2 is 1.38 bits per heavy atom. The third kappa shape index (κ3) is 7.57. The highest BCUT2D eigenvalue weighted by Crippen LogP contribution is 2.43. The summed E-state index contributed by atoms with van der Waals surface area (Å²) in [5.74, 6) is -1.41. The van der Waals surface area contributed by atoms with Gasteiger partial charge in [0.2, 0.25) is 5.91 Å². The van der Waals surface area contributed by atoms with Gasteiger partial charge in [-0.25, -0.2) is 13.9 Å². The lowest BCUT2D eigenvalue weighted by molar-refractivity contribution is -0.132. The van der Waals surface area contributed by atoms with Crippen molar-refractivity contribution >= 4 is 15.7 Å². The molecule has 0 saturated heterocycles. The summed E-state index contributed by atoms with van der Waals surface area (Å²) in [4.78, 5) is 12.6. The van der Waals surface area contributed by atoms with Crippen LogP contribution in [-0.4, -0.2) is 39.5 Å². The van der Waals surface area contributed by atoms with Gasteiger partial charge < -0.3 is 9.47 Å². The van der Waals surface area contributed by atoms with Crippen LogP contribution in [0.4, 0.5) is 0 Å². The molecule has 0 spiro atoms. The number of benzene rings is 4. The number of sulfone groups is 1. The number of nitrogens with one attached hydrogen (secondary N) is 1. The maximum atomic E-state index is 13.9. The van der Waals surface area contributed by atoms with Gasteiger partial charge in [-0.15, -0.1) is 0 Å². The van der Waals surface area contributed by atoms with Gasteiger partial charge in [0.05, 0.1) is 30.8 Å². The van der Waals surface area contributed by atoms with Crippen LogP contribution in [0.1, 0.15) is 31.2 Å². The smallest absolute Gasteiger partial charge is 0.247 e. The minimum Gasteiger partial charge on any atom is -0.493 e. The second kappa shape index (κ2) is 14.7. The Morgan fingerprint density at radius 3 is 2.00 bits per heavy atom. The molecule has 4 aromatic carbocycles. The van der Waals surface area contributed by atoms with E-state index in [0.717, 1.165) is 30.4 Å². The van der Waals surface area contributed by atoms with E-state index in [0.29, 0.717) is 29.7 Å². The van der Waals surface area contributed by atoms with Crippen LogP contribution >= 0.6 is 0 Å². The average Bonchev–Trinajstić information content (AvgIpc) is 3.03. The van der Waals surface area contributed by atoms with Gasteiger partial charge in [0.25, 0.3) is 0 Å². The van der Waals surface area contributed by atoms with E-state index in [4.69, 9.17) is 9.47 Å². The predicted molar refractivity (Wildman–Crippen MR) is 165 cm³/mol. The standard InChI is InChI=1S/C34H37NO6S/c1-40-30-22-23-31(32(33(30)41-2)28-20-18-27(19-21-28)26-15-9-5-10-16-26)42(38,39)24-29(34(36)35-37)17-11-4-8-14-25-12-6-3-7-13-25/h3,5-7,9-10,12-13,15-16,18-23,29,37H,4,8,11,14,17,24H2,1-2H3,(H,35,36). The Labute approximate surface area is 248 Å². The van der Waals surface area contributed by atoms with E-state index >= 15 is 0 Å². The van der Waals surface area contributed by atoms with Crippen molar-refractivity contribution in [1.82, 2.24) is 5.48 Å². The van der Waals surface area contributed by atoms with Crippen molar-refractivity contribution in [2.45, 2.75) is 37.0 Å². The van der Waals surface area contributed by atoms with Crippen LogP contribution in [0.25, 0.3) is 22.3 Å². The lowest BCUT2D eigenvalue weighted by Crippen LogP contribution is -2.33. The molecule has 0 aliphatic rings. The van der Waals surface area contributed by atoms with Crippen LogP contribution in [0.15, 0.2) is 102 Å². The molecule has 220 valence electrons. The zero-order valence-corrected chi connectivity index (χ0v) is 24.8. The molecule has 1 amide bonds. The third-order valence-corrected chi connectivity index (χ3v) is 9.24. The van der Waals surface area contributed by atoms with Crippen molar-refractivity contribution < 1.29 is 27.9 Å². The number of hydroxylamine groups is 1. The maximum absolute atomic E-state index is 13.9. The molecule has 0 aromatic heterocycles. The predicted octanol–water partition coefficient (Wildman–Crippen LogP) is 6.74. The van der Waals surface area contributed by atoms with Crippen molar-refractivity contribution in [3.05, 3.63) is 103 Å². The lowest BCUT2D eigenvalue weighted by Gasteiger charge is -2.20. The van der Waals surface area contributed by atoms with E-state index in [1.807, 2.05) is 72.8 Å². The number of amides is 1. The molecular formula is C34H37NO6S. The minimum absolute atomic E-state index is 0.0347. The zero-order chi connectivity index (χ0) is 30.0. The second-order valence-corrected chi connectivity index (χ2v) is 12.2. The second-order valence-electron chi connectivity index (χ2n) is 10.2. The van der Waals surface area contributed by atoms with Crippen LogP contribution in [0.5, 0.6) is 11.5 Å². The third-order valence-electron chi connectivity index (χ3n) is 7.39. The molecule has 0 bridgehead atoms. The molecular weight excluding hydrogens is 550 g/mol. The molecule has 4 aromatic rings. The fourth-order valence-corrected chi connectivity index (χ4v) is 7.00. The van der Waals surface area contributed by atoms with Gasteiger partial charge in [0.15, 0.2) is 21.3 Å². The summed E-state index contributed by atoms with van der Waals surface area (Å²) in [6, 6.07) is 30.6. The first-order valence-electron chi connectivity index (χ1n) is 14.0. The van der Waals surface area contributed by atoms with Crippen molar-refractivity contribution in [2.24, 2.45) is 5.92 Å². The normalized spacial score (nSPS) is 12.0. The highest BCUT2D eigenvalue weighted by atomic mass is 32.2. The fraction of sp³-hybridized carbons (Fsp3) is 0.265. The summed E-state index contributed by atoms with van der Waals surface area (Å²) in [5.41, 5.74) is 5.92. The Morgan fingerprint density at radius 1 is 0.762 bits per heavy atom. The molecule has 42 heavy (non-hydrogen) atoms. The quantitative estimate of drug-likeness (QED) is 0.0963. The number of hydrogen-bond donors (Lipinski definition) is 2. The van der Waals surface area contributed by atoms with Crippen molar-refractivity contribution in [3.63, 3.8) is 0 Å². The lowest BCUT2D eigenvalue weighted by atomic mass is 9.99. The first kappa shape index (κ1) is 30.8. The van der Waals surface area contributed by atoms with Crippen LogP contribution in [0, 0.1) is 5.92 Å². The van der Waals surface area contributed by atoms with Crippen LogP contribution in [-0.2, 0) is 21.1 Å². The molecule has 1 atom stereocenters. The minimum atomic E-state index is -4.01. The highest BCUT2D eigenvalue weighted by Gasteiger charge is 2.31. The van der Waals surface area contributed by atoms with Crippen LogP contribution < -0.4 is 15.0 Å². The number of carbonyl (C=O) groups excluding carboxylic acids is 1. The van der Waals surface area contributed by atoms with E-state index in [9.17, 15) is 18.4 Å². The number of methoxy groups -OCH3 is 2. The molecule has 7 nitrogen and oxygen atoms in total. The Balaban J connectivity index is 1.59. The summed E-state index contributed by atoms with van der Waals surface area (Å²) in [6.07, 6.45) is 3.64. The van der Waals surface area contributed by atoms with Crippen LogP contribution in [0.2, 0.25) is 0 Å². The fourth-order valence-electron chi connectivity index (χ4n) is 5.18.